The minimum absolute atomic E-state index is 0.0203. The highest BCUT2D eigenvalue weighted by Crippen LogP contribution is 2.56. The molecule has 0 atom stereocenters. The number of halogens is 4. The Bertz CT molecular complexity index is 3920. The Morgan fingerprint density at radius 2 is 0.702 bits per heavy atom. The Hall–Kier alpha value is -9.45. The molecule has 0 aromatic heterocycles. The smallest absolute Gasteiger partial charge is 0.344 e. The van der Waals surface area contributed by atoms with E-state index in [1.165, 1.54) is 58.8 Å². The predicted octanol–water partition coefficient (Wildman–Crippen LogP) is 13.1. The molecule has 0 radical (unpaired) electrons. The maximum Gasteiger partial charge on any atom is 0.344 e. The molecule has 0 amide bonds. The minimum Gasteiger partial charge on any atom is -0.487 e. The van der Waals surface area contributed by atoms with Crippen molar-refractivity contribution in [2.75, 3.05) is 151 Å². The van der Waals surface area contributed by atoms with Crippen molar-refractivity contribution in [3.05, 3.63) is 213 Å². The van der Waals surface area contributed by atoms with Crippen LogP contribution in [0.2, 0.25) is 0 Å². The van der Waals surface area contributed by atoms with E-state index in [-0.39, 0.29) is 146 Å². The molecule has 22 nitrogen and oxygen atoms in total. The van der Waals surface area contributed by atoms with Crippen molar-refractivity contribution < 1.29 is 113 Å². The van der Waals surface area contributed by atoms with E-state index in [2.05, 4.69) is 4.90 Å². The number of ether oxygens (including phenoxy) is 17. The normalized spacial score (nSPS) is 12.8. The number of methoxy groups -OCH3 is 4. The molecule has 2 aliphatic rings. The van der Waals surface area contributed by atoms with Crippen LogP contribution in [-0.2, 0) is 71.8 Å². The van der Waals surface area contributed by atoms with Crippen molar-refractivity contribution in [2.24, 2.45) is 0 Å². The van der Waals surface area contributed by atoms with Gasteiger partial charge in [0.05, 0.1) is 64.2 Å². The fourth-order valence-electron chi connectivity index (χ4n) is 11.4. The van der Waals surface area contributed by atoms with Gasteiger partial charge in [-0.2, -0.15) is 0 Å². The van der Waals surface area contributed by atoms with Crippen LogP contribution in [0.3, 0.4) is 0 Å². The number of rotatable bonds is 40. The van der Waals surface area contributed by atoms with Gasteiger partial charge >= 0.3 is 5.97 Å². The van der Waals surface area contributed by atoms with Gasteiger partial charge in [0.1, 0.15) is 58.9 Å². The lowest BCUT2D eigenvalue weighted by Gasteiger charge is -2.37. The average molecular weight is 1450 g/mol. The summed E-state index contributed by atoms with van der Waals surface area (Å²) in [4.78, 5) is 16.9. The zero-order valence-corrected chi connectivity index (χ0v) is 59.4. The number of nitrogens with zero attached hydrogens (tertiary/aromatic N) is 2. The minimum atomic E-state index is -2.21. The van der Waals surface area contributed by atoms with Gasteiger partial charge in [0.15, 0.2) is 80.0 Å². The topological polar surface area (TPSA) is 221 Å². The third-order valence-electron chi connectivity index (χ3n) is 16.8. The molecule has 2 heterocycles. The number of hydrogen-bond donors (Lipinski definition) is 2. The summed E-state index contributed by atoms with van der Waals surface area (Å²) in [5, 5.41) is 25.7. The van der Waals surface area contributed by atoms with E-state index in [1.54, 1.807) is 24.3 Å². The first kappa shape index (κ1) is 78.7. The lowest BCUT2D eigenvalue weighted by Crippen LogP contribution is -2.33. The summed E-state index contributed by atoms with van der Waals surface area (Å²) >= 11 is 0. The van der Waals surface area contributed by atoms with Crippen molar-refractivity contribution in [3.63, 3.8) is 0 Å². The van der Waals surface area contributed by atoms with Gasteiger partial charge in [0.25, 0.3) is 0 Å². The van der Waals surface area contributed by atoms with Crippen molar-refractivity contribution >= 4 is 17.3 Å². The third kappa shape index (κ3) is 19.5. The van der Waals surface area contributed by atoms with E-state index < -0.39 is 47.0 Å². The second-order valence-corrected chi connectivity index (χ2v) is 23.3. The van der Waals surface area contributed by atoms with Gasteiger partial charge in [0.2, 0.25) is 0 Å². The summed E-state index contributed by atoms with van der Waals surface area (Å²) in [5.74, 6) is -3.66. The highest BCUT2D eigenvalue weighted by molar-refractivity contribution is 5.73. The van der Waals surface area contributed by atoms with E-state index >= 15 is 17.6 Å². The number of hydrogen-bond acceptors (Lipinski definition) is 22. The van der Waals surface area contributed by atoms with Crippen LogP contribution in [0.4, 0.5) is 28.9 Å². The van der Waals surface area contributed by atoms with E-state index in [0.29, 0.717) is 69.6 Å². The molecule has 0 spiro atoms. The van der Waals surface area contributed by atoms with Gasteiger partial charge in [-0.25, -0.2) is 22.4 Å². The van der Waals surface area contributed by atoms with Crippen LogP contribution in [0.1, 0.15) is 72.2 Å². The van der Waals surface area contributed by atoms with Crippen LogP contribution >= 0.6 is 0 Å². The molecule has 0 fully saturated rings. The Morgan fingerprint density at radius 1 is 0.385 bits per heavy atom. The Labute approximate surface area is 602 Å². The SMILES string of the molecule is CCN(CC)c1ccc(C2(O)c3cc(F)c(OCOCCOC)cc3Oc3cc(OCOCCOC)c(F)cc32)cc1OCC(=O)OCc1ccccc1.CCN(CC)c1ccc(C2(O)c3cc(F)c(OCOCCOC)cc3Oc3cc(OCOCCOC)c(F)cc32)cc1OCc1ccccc1. The van der Waals surface area contributed by atoms with Gasteiger partial charge in [-0.05, 0) is 98.5 Å². The summed E-state index contributed by atoms with van der Waals surface area (Å²) < 4.78 is 156. The fourth-order valence-corrected chi connectivity index (χ4v) is 11.4. The Morgan fingerprint density at radius 3 is 1.02 bits per heavy atom. The number of carbonyl (C=O) groups excluding carboxylic acids is 1. The maximum atomic E-state index is 15.7. The first-order valence-electron chi connectivity index (χ1n) is 33.8. The molecular weight excluding hydrogens is 1360 g/mol. The number of aliphatic hydroxyl groups is 2. The number of fused-ring (bicyclic) bond motifs is 4. The zero-order chi connectivity index (χ0) is 74.0. The molecule has 10 rings (SSSR count). The van der Waals surface area contributed by atoms with Crippen molar-refractivity contribution in [1.29, 1.82) is 0 Å². The molecule has 0 aliphatic carbocycles. The van der Waals surface area contributed by atoms with Gasteiger partial charge in [-0.1, -0.05) is 72.8 Å². The highest BCUT2D eigenvalue weighted by atomic mass is 19.1. The summed E-state index contributed by atoms with van der Waals surface area (Å²) in [6, 6.07) is 38.6. The molecular formula is C78H88F4N2O20. The number of carbonyl (C=O) groups is 1. The van der Waals surface area contributed by atoms with E-state index in [1.807, 2.05) is 99.3 Å². The van der Waals surface area contributed by atoms with Gasteiger partial charge in [-0.3, -0.25) is 0 Å². The highest BCUT2D eigenvalue weighted by Gasteiger charge is 2.47. The largest absolute Gasteiger partial charge is 0.487 e. The number of esters is 1. The molecule has 26 heteroatoms. The Kier molecular flexibility index (Phi) is 29.4. The first-order chi connectivity index (χ1) is 50.6. The molecule has 558 valence electrons. The van der Waals surface area contributed by atoms with Crippen molar-refractivity contribution in [3.8, 4) is 57.5 Å². The van der Waals surface area contributed by atoms with E-state index in [0.717, 1.165) is 41.1 Å². The lowest BCUT2D eigenvalue weighted by atomic mass is 9.77. The average Bonchev–Trinajstić information content (AvgIpc) is 0.724. The monoisotopic (exact) mass is 1450 g/mol. The van der Waals surface area contributed by atoms with Crippen LogP contribution in [0.15, 0.2) is 146 Å². The molecule has 0 bridgehead atoms. The molecule has 8 aromatic carbocycles. The maximum absolute atomic E-state index is 15.7. The second-order valence-electron chi connectivity index (χ2n) is 23.3. The summed E-state index contributed by atoms with van der Waals surface area (Å²) in [6.45, 7) is 11.6. The quantitative estimate of drug-likeness (QED) is 0.0158. The Balaban J connectivity index is 0.000000242. The molecule has 0 saturated heterocycles. The van der Waals surface area contributed by atoms with Crippen LogP contribution < -0.4 is 47.7 Å². The summed E-state index contributed by atoms with van der Waals surface area (Å²) in [7, 11) is 6.12. The molecule has 2 N–H and O–H groups in total. The first-order valence-corrected chi connectivity index (χ1v) is 33.8. The van der Waals surface area contributed by atoms with Crippen LogP contribution in [0, 0.1) is 23.3 Å². The van der Waals surface area contributed by atoms with Crippen molar-refractivity contribution in [1.82, 2.24) is 0 Å². The van der Waals surface area contributed by atoms with Gasteiger partial charge in [-0.15, -0.1) is 0 Å². The lowest BCUT2D eigenvalue weighted by molar-refractivity contribution is -0.147. The predicted molar refractivity (Wildman–Crippen MR) is 376 cm³/mol. The molecule has 104 heavy (non-hydrogen) atoms. The number of anilines is 2. The van der Waals surface area contributed by atoms with Gasteiger partial charge in [0, 0.05) is 101 Å². The molecule has 8 aromatic rings. The second kappa shape index (κ2) is 38.9. The molecule has 0 unspecified atom stereocenters. The fraction of sp³-hybridized carbons (Fsp3) is 0.372. The summed E-state index contributed by atoms with van der Waals surface area (Å²) in [6.07, 6.45) is 0. The zero-order valence-electron chi connectivity index (χ0n) is 59.4. The van der Waals surface area contributed by atoms with Gasteiger partial charge < -0.3 is 101 Å². The molecule has 0 saturated carbocycles. The number of benzene rings is 8. The van der Waals surface area contributed by atoms with Crippen LogP contribution in [0.5, 0.6) is 57.5 Å². The van der Waals surface area contributed by atoms with Crippen LogP contribution in [0.25, 0.3) is 0 Å². The third-order valence-corrected chi connectivity index (χ3v) is 16.8. The molecule has 2 aliphatic heterocycles. The van der Waals surface area contributed by atoms with E-state index in [4.69, 9.17) is 80.5 Å². The standard InChI is InChI=1S/C40H45F2NO11.C38H43F2NO9/c1-5-43(6-2)33-13-12-28(18-38(33)50-24-39(44)51-23-27-10-8-7-9-11-27)40(45)29-19-31(41)36(52-25-48-16-14-46-3)21-34(29)54-35-22-37(32(42)20-30(35)40)53-26-49-17-15-47-4;1-5-41(6-2)32-13-12-27(18-37(32)47-23-26-10-8-7-9-11-26)38(42)28-19-30(39)35(48-24-45-16-14-43-3)21-33(28)50-34-22-36(31(40)20-29(34)38)49-25-46-17-15-44-4/h7-13,18-22,45H,5-6,14-17,23-26H2,1-4H3;7-13,18-22,42H,5-6,14-17,23-25H2,1-4H3. The van der Waals surface area contributed by atoms with Crippen molar-refractivity contribution in [2.45, 2.75) is 52.1 Å². The summed E-state index contributed by atoms with van der Waals surface area (Å²) in [5.41, 5.74) is -0.651. The van der Waals surface area contributed by atoms with E-state index in [9.17, 15) is 15.0 Å². The van der Waals surface area contributed by atoms with Crippen LogP contribution in [-0.4, -0.2) is 157 Å².